The molecule has 1 atom stereocenters. The molecule has 0 amide bonds. The van der Waals surface area contributed by atoms with Crippen molar-refractivity contribution in [2.75, 3.05) is 35.0 Å². The van der Waals surface area contributed by atoms with E-state index in [1.54, 1.807) is 28.4 Å². The van der Waals surface area contributed by atoms with Crippen LogP contribution in [-0.4, -0.2) is 35.0 Å². The Morgan fingerprint density at radius 3 is 1.91 bits per heavy atom. The molecule has 0 radical (unpaired) electrons. The van der Waals surface area contributed by atoms with E-state index < -0.39 is 0 Å². The lowest BCUT2D eigenvalue weighted by Crippen LogP contribution is -2.10. The van der Waals surface area contributed by atoms with Gasteiger partial charge in [0.05, 0.1) is 45.3 Å². The van der Waals surface area contributed by atoms with Crippen LogP contribution in [0.3, 0.4) is 0 Å². The molecular weight excluding hydrogens is 404 g/mol. The summed E-state index contributed by atoms with van der Waals surface area (Å²) in [6.07, 6.45) is 7.98. The molecule has 0 saturated heterocycles. The second-order valence-corrected chi connectivity index (χ2v) is 8.67. The molecule has 5 heteroatoms. The fourth-order valence-electron chi connectivity index (χ4n) is 4.16. The highest BCUT2D eigenvalue weighted by Crippen LogP contribution is 2.48. The highest BCUT2D eigenvalue weighted by Gasteiger charge is 2.26. The molecule has 0 fully saturated rings. The fourth-order valence-corrected chi connectivity index (χ4v) is 4.16. The van der Waals surface area contributed by atoms with E-state index in [0.717, 1.165) is 65.2 Å². The summed E-state index contributed by atoms with van der Waals surface area (Å²) in [4.78, 5) is 0. The Balaban J connectivity index is 2.52. The Bertz CT molecular complexity index is 831. The quantitative estimate of drug-likeness (QED) is 0.268. The van der Waals surface area contributed by atoms with Gasteiger partial charge >= 0.3 is 0 Å². The zero-order valence-corrected chi connectivity index (χ0v) is 21.1. The summed E-state index contributed by atoms with van der Waals surface area (Å²) >= 11 is 0. The molecule has 2 aromatic rings. The first kappa shape index (κ1) is 26.1. The molecule has 0 heterocycles. The Hall–Kier alpha value is -2.14. The van der Waals surface area contributed by atoms with Crippen LogP contribution >= 0.6 is 0 Å². The average Bonchev–Trinajstić information content (AvgIpc) is 2.81. The first-order valence-electron chi connectivity index (χ1n) is 11.9. The van der Waals surface area contributed by atoms with Crippen LogP contribution in [-0.2, 0) is 4.74 Å². The SMILES string of the molecule is CCCCCCCOC(CCC(C)C)c1cc(OC)c2c(OC)ccc(OC)c2c1OC. The molecule has 0 aromatic heterocycles. The third-order valence-corrected chi connectivity index (χ3v) is 5.94. The topological polar surface area (TPSA) is 46.2 Å². The Labute approximate surface area is 194 Å². The number of unbranched alkanes of at least 4 members (excludes halogenated alkanes) is 4. The van der Waals surface area contributed by atoms with Crippen molar-refractivity contribution in [2.45, 2.75) is 71.8 Å². The smallest absolute Gasteiger partial charge is 0.136 e. The predicted octanol–water partition coefficient (Wildman–Crippen LogP) is 7.34. The molecule has 0 N–H and O–H groups in total. The first-order valence-corrected chi connectivity index (χ1v) is 11.9. The van der Waals surface area contributed by atoms with Crippen molar-refractivity contribution < 1.29 is 23.7 Å². The minimum absolute atomic E-state index is 0.0762. The van der Waals surface area contributed by atoms with E-state index in [-0.39, 0.29) is 6.10 Å². The molecule has 1 unspecified atom stereocenters. The summed E-state index contributed by atoms with van der Waals surface area (Å²) in [7, 11) is 6.71. The van der Waals surface area contributed by atoms with E-state index in [1.165, 1.54) is 25.7 Å². The van der Waals surface area contributed by atoms with E-state index in [9.17, 15) is 0 Å². The number of hydrogen-bond acceptors (Lipinski definition) is 5. The van der Waals surface area contributed by atoms with Gasteiger partial charge in [-0.1, -0.05) is 46.5 Å². The van der Waals surface area contributed by atoms with E-state index >= 15 is 0 Å². The summed E-state index contributed by atoms with van der Waals surface area (Å²) in [5.41, 5.74) is 0.998. The van der Waals surface area contributed by atoms with Gasteiger partial charge in [-0.3, -0.25) is 0 Å². The summed E-state index contributed by atoms with van der Waals surface area (Å²) in [6.45, 7) is 7.47. The normalized spacial score (nSPS) is 12.2. The largest absolute Gasteiger partial charge is 0.496 e. The van der Waals surface area contributed by atoms with Crippen molar-refractivity contribution in [1.29, 1.82) is 0 Å². The van der Waals surface area contributed by atoms with Gasteiger partial charge in [-0.05, 0) is 43.4 Å². The molecule has 0 aliphatic rings. The van der Waals surface area contributed by atoms with Crippen molar-refractivity contribution in [3.63, 3.8) is 0 Å². The van der Waals surface area contributed by atoms with Gasteiger partial charge in [0.25, 0.3) is 0 Å². The van der Waals surface area contributed by atoms with Crippen LogP contribution in [0.15, 0.2) is 18.2 Å². The number of benzene rings is 2. The second-order valence-electron chi connectivity index (χ2n) is 8.67. The van der Waals surface area contributed by atoms with Crippen molar-refractivity contribution >= 4 is 10.8 Å². The van der Waals surface area contributed by atoms with Crippen LogP contribution < -0.4 is 18.9 Å². The van der Waals surface area contributed by atoms with Crippen molar-refractivity contribution in [2.24, 2.45) is 5.92 Å². The lowest BCUT2D eigenvalue weighted by Gasteiger charge is -2.25. The van der Waals surface area contributed by atoms with E-state index in [1.807, 2.05) is 18.2 Å². The zero-order chi connectivity index (χ0) is 23.5. The van der Waals surface area contributed by atoms with Crippen LogP contribution in [0.2, 0.25) is 0 Å². The fraction of sp³-hybridized carbons (Fsp3) is 0.630. The molecule has 180 valence electrons. The highest BCUT2D eigenvalue weighted by molar-refractivity contribution is 6.03. The maximum Gasteiger partial charge on any atom is 0.136 e. The molecule has 0 spiro atoms. The summed E-state index contributed by atoms with van der Waals surface area (Å²) < 4.78 is 29.6. The standard InChI is InChI=1S/C27H42O5/c1-8-9-10-11-12-17-32-21(14-13-19(2)3)20-18-24(30-6)25-22(28-4)15-16-23(29-5)26(25)27(20)31-7/h15-16,18-19,21H,8-14,17H2,1-7H3. The highest BCUT2D eigenvalue weighted by atomic mass is 16.5. The van der Waals surface area contributed by atoms with Crippen LogP contribution in [0, 0.1) is 5.92 Å². The number of rotatable bonds is 15. The van der Waals surface area contributed by atoms with Gasteiger partial charge in [-0.2, -0.15) is 0 Å². The van der Waals surface area contributed by atoms with E-state index in [4.69, 9.17) is 23.7 Å². The van der Waals surface area contributed by atoms with Gasteiger partial charge in [0.2, 0.25) is 0 Å². The Kier molecular flexibility index (Phi) is 10.9. The van der Waals surface area contributed by atoms with Gasteiger partial charge < -0.3 is 23.7 Å². The predicted molar refractivity (Wildman–Crippen MR) is 132 cm³/mol. The van der Waals surface area contributed by atoms with Crippen LogP contribution in [0.4, 0.5) is 0 Å². The van der Waals surface area contributed by atoms with Gasteiger partial charge in [0, 0.05) is 12.2 Å². The molecular formula is C27H42O5. The molecule has 0 bridgehead atoms. The van der Waals surface area contributed by atoms with E-state index in [2.05, 4.69) is 20.8 Å². The summed E-state index contributed by atoms with van der Waals surface area (Å²) in [5, 5.41) is 1.70. The van der Waals surface area contributed by atoms with Gasteiger partial charge in [0.1, 0.15) is 23.0 Å². The lowest BCUT2D eigenvalue weighted by atomic mass is 9.94. The van der Waals surface area contributed by atoms with Gasteiger partial charge in [-0.15, -0.1) is 0 Å². The molecule has 5 nitrogen and oxygen atoms in total. The molecule has 0 saturated carbocycles. The van der Waals surface area contributed by atoms with Crippen LogP contribution in [0.1, 0.15) is 77.4 Å². The first-order chi connectivity index (χ1) is 15.5. The minimum Gasteiger partial charge on any atom is -0.496 e. The van der Waals surface area contributed by atoms with Crippen molar-refractivity contribution in [1.82, 2.24) is 0 Å². The average molecular weight is 447 g/mol. The maximum atomic E-state index is 6.47. The molecule has 2 aromatic carbocycles. The Morgan fingerprint density at radius 1 is 0.719 bits per heavy atom. The third kappa shape index (κ3) is 6.44. The monoisotopic (exact) mass is 446 g/mol. The van der Waals surface area contributed by atoms with E-state index in [0.29, 0.717) is 5.92 Å². The van der Waals surface area contributed by atoms with Gasteiger partial charge in [0.15, 0.2) is 0 Å². The number of methoxy groups -OCH3 is 4. The van der Waals surface area contributed by atoms with Gasteiger partial charge in [-0.25, -0.2) is 0 Å². The second kappa shape index (κ2) is 13.4. The molecule has 32 heavy (non-hydrogen) atoms. The third-order valence-electron chi connectivity index (χ3n) is 5.94. The number of ether oxygens (including phenoxy) is 5. The minimum atomic E-state index is -0.0762. The molecule has 0 aliphatic heterocycles. The summed E-state index contributed by atoms with van der Waals surface area (Å²) in [5.74, 6) is 3.52. The van der Waals surface area contributed by atoms with Crippen molar-refractivity contribution in [3.05, 3.63) is 23.8 Å². The van der Waals surface area contributed by atoms with Crippen molar-refractivity contribution in [3.8, 4) is 23.0 Å². The Morgan fingerprint density at radius 2 is 1.34 bits per heavy atom. The lowest BCUT2D eigenvalue weighted by molar-refractivity contribution is 0.0388. The van der Waals surface area contributed by atoms with Crippen LogP contribution in [0.5, 0.6) is 23.0 Å². The number of fused-ring (bicyclic) bond motifs is 1. The maximum absolute atomic E-state index is 6.47. The zero-order valence-electron chi connectivity index (χ0n) is 21.1. The molecule has 0 aliphatic carbocycles. The van der Waals surface area contributed by atoms with Crippen LogP contribution in [0.25, 0.3) is 10.8 Å². The summed E-state index contributed by atoms with van der Waals surface area (Å²) in [6, 6.07) is 5.85. The number of hydrogen-bond donors (Lipinski definition) is 0. The molecule has 2 rings (SSSR count).